The van der Waals surface area contributed by atoms with Gasteiger partial charge < -0.3 is 10.6 Å². The number of anilines is 1. The summed E-state index contributed by atoms with van der Waals surface area (Å²) in [4.78, 5) is 2.41. The summed E-state index contributed by atoms with van der Waals surface area (Å²) in [5.74, 6) is 0. The average molecular weight is 176 g/mol. The van der Waals surface area contributed by atoms with Crippen molar-refractivity contribution in [1.82, 2.24) is 0 Å². The maximum Gasteiger partial charge on any atom is 0.0402 e. The fraction of sp³-hybridized carbons (Fsp3) is 0.455. The molecule has 2 nitrogen and oxygen atoms in total. The van der Waals surface area contributed by atoms with Crippen LogP contribution in [0.25, 0.3) is 0 Å². The van der Waals surface area contributed by atoms with Gasteiger partial charge in [-0.05, 0) is 30.5 Å². The maximum absolute atomic E-state index is 5.61. The minimum absolute atomic E-state index is 0.644. The van der Waals surface area contributed by atoms with Crippen LogP contribution >= 0.6 is 0 Å². The Hall–Kier alpha value is -1.02. The lowest BCUT2D eigenvalue weighted by Crippen LogP contribution is -2.19. The molecule has 1 aliphatic rings. The first-order chi connectivity index (χ1) is 6.35. The summed E-state index contributed by atoms with van der Waals surface area (Å²) in [6, 6.07) is 6.58. The first-order valence-electron chi connectivity index (χ1n) is 4.92. The van der Waals surface area contributed by atoms with E-state index in [0.29, 0.717) is 6.54 Å². The Kier molecular flexibility index (Phi) is 2.23. The van der Waals surface area contributed by atoms with Gasteiger partial charge in [-0.15, -0.1) is 0 Å². The first kappa shape index (κ1) is 8.57. The highest BCUT2D eigenvalue weighted by molar-refractivity contribution is 5.59. The van der Waals surface area contributed by atoms with Crippen molar-refractivity contribution >= 4 is 5.69 Å². The Labute approximate surface area is 79.4 Å². The van der Waals surface area contributed by atoms with Crippen molar-refractivity contribution in [3.63, 3.8) is 0 Å². The smallest absolute Gasteiger partial charge is 0.0402 e. The monoisotopic (exact) mass is 176 g/mol. The number of benzene rings is 1. The normalized spacial score (nSPS) is 14.8. The van der Waals surface area contributed by atoms with E-state index in [1.807, 2.05) is 0 Å². The molecule has 0 saturated heterocycles. The van der Waals surface area contributed by atoms with Crippen molar-refractivity contribution < 1.29 is 0 Å². The summed E-state index contributed by atoms with van der Waals surface area (Å²) in [5, 5.41) is 0. The zero-order valence-electron chi connectivity index (χ0n) is 8.09. The van der Waals surface area contributed by atoms with Crippen LogP contribution in [-0.2, 0) is 13.0 Å². The Bertz CT molecular complexity index is 307. The van der Waals surface area contributed by atoms with Crippen LogP contribution < -0.4 is 10.6 Å². The Balaban J connectivity index is 2.37. The number of hydrogen-bond donors (Lipinski definition) is 1. The highest BCUT2D eigenvalue weighted by Crippen LogP contribution is 2.28. The lowest BCUT2D eigenvalue weighted by molar-refractivity contribution is 0.867. The molecule has 0 unspecified atom stereocenters. The van der Waals surface area contributed by atoms with E-state index in [-0.39, 0.29) is 0 Å². The van der Waals surface area contributed by atoms with Gasteiger partial charge in [-0.25, -0.2) is 0 Å². The molecule has 0 fully saturated rings. The summed E-state index contributed by atoms with van der Waals surface area (Å²) < 4.78 is 0. The van der Waals surface area contributed by atoms with E-state index in [4.69, 9.17) is 5.73 Å². The molecule has 70 valence electrons. The molecule has 0 bridgehead atoms. The fourth-order valence-corrected chi connectivity index (χ4v) is 1.95. The minimum atomic E-state index is 0.644. The second-order valence-corrected chi connectivity index (χ2v) is 3.50. The first-order valence-corrected chi connectivity index (χ1v) is 4.92. The summed E-state index contributed by atoms with van der Waals surface area (Å²) in [7, 11) is 0. The van der Waals surface area contributed by atoms with Gasteiger partial charge in [-0.2, -0.15) is 0 Å². The van der Waals surface area contributed by atoms with Gasteiger partial charge in [0.2, 0.25) is 0 Å². The van der Waals surface area contributed by atoms with E-state index in [1.54, 1.807) is 0 Å². The minimum Gasteiger partial charge on any atom is -0.371 e. The van der Waals surface area contributed by atoms with Crippen molar-refractivity contribution in [3.05, 3.63) is 29.3 Å². The van der Waals surface area contributed by atoms with Crippen molar-refractivity contribution in [2.24, 2.45) is 5.73 Å². The second-order valence-electron chi connectivity index (χ2n) is 3.50. The molecular weight excluding hydrogens is 160 g/mol. The van der Waals surface area contributed by atoms with Crippen LogP contribution in [0.15, 0.2) is 18.2 Å². The van der Waals surface area contributed by atoms with Gasteiger partial charge in [0.1, 0.15) is 0 Å². The Morgan fingerprint density at radius 1 is 1.46 bits per heavy atom. The van der Waals surface area contributed by atoms with Gasteiger partial charge in [0.05, 0.1) is 0 Å². The predicted octanol–water partition coefficient (Wildman–Crippen LogP) is 1.53. The molecule has 0 radical (unpaired) electrons. The van der Waals surface area contributed by atoms with Gasteiger partial charge in [-0.3, -0.25) is 0 Å². The number of nitrogens with zero attached hydrogens (tertiary/aromatic N) is 1. The number of rotatable bonds is 2. The molecule has 2 rings (SSSR count). The molecule has 1 aromatic rings. The molecule has 1 aromatic carbocycles. The Morgan fingerprint density at radius 3 is 3.00 bits per heavy atom. The molecule has 2 N–H and O–H groups in total. The molecule has 0 amide bonds. The highest BCUT2D eigenvalue weighted by Gasteiger charge is 2.16. The number of fused-ring (bicyclic) bond motifs is 1. The predicted molar refractivity (Wildman–Crippen MR) is 55.9 cm³/mol. The third-order valence-corrected chi connectivity index (χ3v) is 2.76. The van der Waals surface area contributed by atoms with Crippen LogP contribution in [0.3, 0.4) is 0 Å². The second kappa shape index (κ2) is 3.38. The summed E-state index contributed by atoms with van der Waals surface area (Å²) in [5.41, 5.74) is 9.71. The van der Waals surface area contributed by atoms with Gasteiger partial charge in [0.25, 0.3) is 0 Å². The fourth-order valence-electron chi connectivity index (χ4n) is 1.95. The molecule has 0 spiro atoms. The number of nitrogens with two attached hydrogens (primary N) is 1. The van der Waals surface area contributed by atoms with Crippen molar-refractivity contribution in [2.75, 3.05) is 18.0 Å². The molecule has 0 aromatic heterocycles. The maximum atomic E-state index is 5.61. The largest absolute Gasteiger partial charge is 0.371 e. The van der Waals surface area contributed by atoms with E-state index in [9.17, 15) is 0 Å². The zero-order valence-corrected chi connectivity index (χ0v) is 8.09. The van der Waals surface area contributed by atoms with Gasteiger partial charge in [-0.1, -0.05) is 12.1 Å². The lowest BCUT2D eigenvalue weighted by atomic mass is 10.1. The van der Waals surface area contributed by atoms with E-state index in [2.05, 4.69) is 30.0 Å². The van der Waals surface area contributed by atoms with Gasteiger partial charge in [0.15, 0.2) is 0 Å². The standard InChI is InChI=1S/C11H16N2/c1-2-13-6-5-10-4-3-9(8-12)7-11(10)13/h3-4,7H,2,5-6,8,12H2,1H3. The third kappa shape index (κ3) is 1.42. The van der Waals surface area contributed by atoms with Crippen molar-refractivity contribution in [1.29, 1.82) is 0 Å². The van der Waals surface area contributed by atoms with Crippen LogP contribution in [0, 0.1) is 0 Å². The van der Waals surface area contributed by atoms with Crippen LogP contribution in [0.5, 0.6) is 0 Å². The Morgan fingerprint density at radius 2 is 2.31 bits per heavy atom. The van der Waals surface area contributed by atoms with Gasteiger partial charge in [0, 0.05) is 25.3 Å². The van der Waals surface area contributed by atoms with Crippen LogP contribution in [0.4, 0.5) is 5.69 Å². The van der Waals surface area contributed by atoms with Crippen molar-refractivity contribution in [3.8, 4) is 0 Å². The SMILES string of the molecule is CCN1CCc2ccc(CN)cc21. The van der Waals surface area contributed by atoms with Gasteiger partial charge >= 0.3 is 0 Å². The van der Waals surface area contributed by atoms with Crippen molar-refractivity contribution in [2.45, 2.75) is 19.9 Å². The molecule has 0 atom stereocenters. The summed E-state index contributed by atoms with van der Waals surface area (Å²) >= 11 is 0. The molecular formula is C11H16N2. The van der Waals surface area contributed by atoms with E-state index >= 15 is 0 Å². The van der Waals surface area contributed by atoms with E-state index in [1.165, 1.54) is 29.8 Å². The molecule has 1 heterocycles. The zero-order chi connectivity index (χ0) is 9.26. The molecule has 2 heteroatoms. The summed E-state index contributed by atoms with van der Waals surface area (Å²) in [6.45, 7) is 5.11. The van der Waals surface area contributed by atoms with E-state index < -0.39 is 0 Å². The topological polar surface area (TPSA) is 29.3 Å². The number of likely N-dealkylation sites (N-methyl/N-ethyl adjacent to an activating group) is 1. The highest BCUT2D eigenvalue weighted by atomic mass is 15.1. The lowest BCUT2D eigenvalue weighted by Gasteiger charge is -2.16. The molecule has 13 heavy (non-hydrogen) atoms. The molecule has 0 saturated carbocycles. The van der Waals surface area contributed by atoms with Crippen LogP contribution in [0.2, 0.25) is 0 Å². The van der Waals surface area contributed by atoms with E-state index in [0.717, 1.165) is 6.54 Å². The quantitative estimate of drug-likeness (QED) is 0.740. The molecule has 1 aliphatic heterocycles. The third-order valence-electron chi connectivity index (χ3n) is 2.76. The summed E-state index contributed by atoms with van der Waals surface area (Å²) in [6.07, 6.45) is 1.19. The van der Waals surface area contributed by atoms with Crippen LogP contribution in [0.1, 0.15) is 18.1 Å². The van der Waals surface area contributed by atoms with Crippen LogP contribution in [-0.4, -0.2) is 13.1 Å². The number of hydrogen-bond acceptors (Lipinski definition) is 2. The molecule has 0 aliphatic carbocycles. The average Bonchev–Trinajstić information content (AvgIpc) is 2.59.